The van der Waals surface area contributed by atoms with Crippen LogP contribution < -0.4 is 0 Å². The largest absolute Gasteiger partial charge is 0.389 e. The van der Waals surface area contributed by atoms with E-state index in [2.05, 4.69) is 18.7 Å². The lowest BCUT2D eigenvalue weighted by atomic mass is 10.2. The molecular formula is C13H27NO3. The first kappa shape index (κ1) is 14.9. The molecule has 1 aliphatic heterocycles. The van der Waals surface area contributed by atoms with Gasteiger partial charge in [-0.25, -0.2) is 0 Å². The van der Waals surface area contributed by atoms with E-state index >= 15 is 0 Å². The third-order valence-electron chi connectivity index (χ3n) is 2.67. The molecule has 4 heteroatoms. The number of aliphatic hydroxyl groups is 1. The molecule has 0 spiro atoms. The Morgan fingerprint density at radius 3 is 2.29 bits per heavy atom. The van der Waals surface area contributed by atoms with Gasteiger partial charge in [-0.1, -0.05) is 0 Å². The molecule has 0 unspecified atom stereocenters. The number of rotatable bonds is 4. The fourth-order valence-corrected chi connectivity index (χ4v) is 2.13. The van der Waals surface area contributed by atoms with Crippen molar-refractivity contribution in [3.8, 4) is 0 Å². The summed E-state index contributed by atoms with van der Waals surface area (Å²) in [6.45, 7) is 13.0. The first-order valence-corrected chi connectivity index (χ1v) is 6.46. The van der Waals surface area contributed by atoms with E-state index in [4.69, 9.17) is 9.47 Å². The van der Waals surface area contributed by atoms with Gasteiger partial charge in [0.15, 0.2) is 0 Å². The van der Waals surface area contributed by atoms with Gasteiger partial charge in [0, 0.05) is 19.6 Å². The van der Waals surface area contributed by atoms with E-state index in [1.807, 2.05) is 20.8 Å². The quantitative estimate of drug-likeness (QED) is 0.810. The van der Waals surface area contributed by atoms with Crippen molar-refractivity contribution in [3.63, 3.8) is 0 Å². The Balaban J connectivity index is 2.28. The van der Waals surface area contributed by atoms with Crippen LogP contribution in [0.25, 0.3) is 0 Å². The van der Waals surface area contributed by atoms with Crippen molar-refractivity contribution in [3.05, 3.63) is 0 Å². The summed E-state index contributed by atoms with van der Waals surface area (Å²) in [5, 5.41) is 9.93. The van der Waals surface area contributed by atoms with Crippen molar-refractivity contribution < 1.29 is 14.6 Å². The molecule has 0 aliphatic carbocycles. The fourth-order valence-electron chi connectivity index (χ4n) is 2.13. The van der Waals surface area contributed by atoms with Crippen LogP contribution >= 0.6 is 0 Å². The van der Waals surface area contributed by atoms with Crippen LogP contribution in [-0.4, -0.2) is 60.2 Å². The van der Waals surface area contributed by atoms with Crippen molar-refractivity contribution in [1.29, 1.82) is 0 Å². The number of β-amino-alcohol motifs (C(OH)–C–C–N with tert-alkyl or cyclic N) is 1. The van der Waals surface area contributed by atoms with Crippen LogP contribution in [-0.2, 0) is 9.47 Å². The molecule has 1 aliphatic rings. The number of hydrogen-bond acceptors (Lipinski definition) is 4. The SMILES string of the molecule is C[C@@H]1CN(C[C@H](O)COC(C)(C)C)C[C@H](C)O1. The van der Waals surface area contributed by atoms with Gasteiger partial charge in [0.2, 0.25) is 0 Å². The molecule has 0 amide bonds. The maximum absolute atomic E-state index is 9.93. The van der Waals surface area contributed by atoms with Crippen LogP contribution in [0.15, 0.2) is 0 Å². The maximum Gasteiger partial charge on any atom is 0.0900 e. The molecule has 1 saturated heterocycles. The molecule has 1 fully saturated rings. The predicted octanol–water partition coefficient (Wildman–Crippen LogP) is 1.27. The number of hydrogen-bond donors (Lipinski definition) is 1. The second kappa shape index (κ2) is 6.14. The molecule has 102 valence electrons. The standard InChI is InChI=1S/C13H27NO3/c1-10-6-14(7-11(2)17-10)8-12(15)9-16-13(3,4)5/h10-12,15H,6-9H2,1-5H3/t10-,11+,12-/m0/s1. The minimum absolute atomic E-state index is 0.188. The second-order valence-electron chi connectivity index (χ2n) is 6.05. The molecule has 0 aromatic heterocycles. The van der Waals surface area contributed by atoms with Gasteiger partial charge in [-0.05, 0) is 34.6 Å². The molecule has 0 bridgehead atoms. The van der Waals surface area contributed by atoms with Crippen molar-refractivity contribution in [2.75, 3.05) is 26.2 Å². The molecule has 3 atom stereocenters. The van der Waals surface area contributed by atoms with Crippen LogP contribution in [0.3, 0.4) is 0 Å². The average molecular weight is 245 g/mol. The van der Waals surface area contributed by atoms with Crippen LogP contribution in [0.1, 0.15) is 34.6 Å². The minimum Gasteiger partial charge on any atom is -0.389 e. The molecular weight excluding hydrogens is 218 g/mol. The summed E-state index contributed by atoms with van der Waals surface area (Å²) in [6, 6.07) is 0. The van der Waals surface area contributed by atoms with Gasteiger partial charge in [0.25, 0.3) is 0 Å². The van der Waals surface area contributed by atoms with Gasteiger partial charge in [-0.2, -0.15) is 0 Å². The van der Waals surface area contributed by atoms with Crippen LogP contribution in [0.4, 0.5) is 0 Å². The number of aliphatic hydroxyl groups excluding tert-OH is 1. The highest BCUT2D eigenvalue weighted by atomic mass is 16.5. The molecule has 0 saturated carbocycles. The lowest BCUT2D eigenvalue weighted by Crippen LogP contribution is -2.48. The van der Waals surface area contributed by atoms with Gasteiger partial charge in [0.05, 0.1) is 30.5 Å². The predicted molar refractivity (Wildman–Crippen MR) is 68.2 cm³/mol. The van der Waals surface area contributed by atoms with Gasteiger partial charge in [-0.15, -0.1) is 0 Å². The molecule has 0 radical (unpaired) electrons. The van der Waals surface area contributed by atoms with Gasteiger partial charge < -0.3 is 14.6 Å². The van der Waals surface area contributed by atoms with Gasteiger partial charge in [-0.3, -0.25) is 4.90 Å². The summed E-state index contributed by atoms with van der Waals surface area (Å²) in [5.41, 5.74) is -0.188. The molecule has 1 N–H and O–H groups in total. The molecule has 0 aromatic rings. The average Bonchev–Trinajstić information content (AvgIpc) is 2.11. The van der Waals surface area contributed by atoms with E-state index in [0.29, 0.717) is 13.2 Å². The first-order chi connectivity index (χ1) is 7.76. The zero-order chi connectivity index (χ0) is 13.1. The van der Waals surface area contributed by atoms with Crippen LogP contribution in [0, 0.1) is 0 Å². The Kier molecular flexibility index (Phi) is 5.38. The van der Waals surface area contributed by atoms with E-state index in [9.17, 15) is 5.11 Å². The first-order valence-electron chi connectivity index (χ1n) is 6.46. The molecule has 17 heavy (non-hydrogen) atoms. The van der Waals surface area contributed by atoms with E-state index in [1.165, 1.54) is 0 Å². The highest BCUT2D eigenvalue weighted by Gasteiger charge is 2.24. The maximum atomic E-state index is 9.93. The zero-order valence-corrected chi connectivity index (χ0v) is 11.8. The summed E-state index contributed by atoms with van der Waals surface area (Å²) < 4.78 is 11.2. The number of ether oxygens (including phenoxy) is 2. The van der Waals surface area contributed by atoms with E-state index < -0.39 is 6.10 Å². The highest BCUT2D eigenvalue weighted by molar-refractivity contribution is 4.75. The summed E-state index contributed by atoms with van der Waals surface area (Å²) >= 11 is 0. The topological polar surface area (TPSA) is 41.9 Å². The third-order valence-corrected chi connectivity index (χ3v) is 2.67. The monoisotopic (exact) mass is 245 g/mol. The summed E-state index contributed by atoms with van der Waals surface area (Å²) in [7, 11) is 0. The van der Waals surface area contributed by atoms with Gasteiger partial charge >= 0.3 is 0 Å². The Bertz CT molecular complexity index is 217. The molecule has 1 heterocycles. The Hall–Kier alpha value is -0.160. The Morgan fingerprint density at radius 1 is 1.29 bits per heavy atom. The second-order valence-corrected chi connectivity index (χ2v) is 6.05. The van der Waals surface area contributed by atoms with Gasteiger partial charge in [0.1, 0.15) is 0 Å². The lowest BCUT2D eigenvalue weighted by molar-refractivity contribution is -0.0929. The minimum atomic E-state index is -0.424. The normalized spacial score (nSPS) is 29.3. The van der Waals surface area contributed by atoms with Crippen LogP contribution in [0.5, 0.6) is 0 Å². The van der Waals surface area contributed by atoms with Crippen LogP contribution in [0.2, 0.25) is 0 Å². The summed E-state index contributed by atoms with van der Waals surface area (Å²) in [4.78, 5) is 2.25. The van der Waals surface area contributed by atoms with E-state index in [-0.39, 0.29) is 17.8 Å². The molecule has 4 nitrogen and oxygen atoms in total. The molecule has 0 aromatic carbocycles. The third kappa shape index (κ3) is 6.36. The highest BCUT2D eigenvalue weighted by Crippen LogP contribution is 2.12. The number of morpholine rings is 1. The Morgan fingerprint density at radius 2 is 1.82 bits per heavy atom. The fraction of sp³-hybridized carbons (Fsp3) is 1.00. The number of nitrogens with zero attached hydrogens (tertiary/aromatic N) is 1. The summed E-state index contributed by atoms with van der Waals surface area (Å²) in [6.07, 6.45) is 0.0655. The Labute approximate surface area is 105 Å². The zero-order valence-electron chi connectivity index (χ0n) is 11.8. The van der Waals surface area contributed by atoms with Crippen molar-refractivity contribution in [2.45, 2.75) is 58.5 Å². The van der Waals surface area contributed by atoms with Crippen molar-refractivity contribution in [1.82, 2.24) is 4.90 Å². The van der Waals surface area contributed by atoms with E-state index in [0.717, 1.165) is 13.1 Å². The summed E-state index contributed by atoms with van der Waals surface area (Å²) in [5.74, 6) is 0. The van der Waals surface area contributed by atoms with Crippen molar-refractivity contribution in [2.24, 2.45) is 0 Å². The smallest absolute Gasteiger partial charge is 0.0900 e. The van der Waals surface area contributed by atoms with Crippen molar-refractivity contribution >= 4 is 0 Å². The molecule has 1 rings (SSSR count). The van der Waals surface area contributed by atoms with E-state index in [1.54, 1.807) is 0 Å². The lowest BCUT2D eigenvalue weighted by Gasteiger charge is -2.36.